The molecule has 1 aliphatic carbocycles. The molecule has 1 nitrogen and oxygen atoms in total. The highest BCUT2D eigenvalue weighted by molar-refractivity contribution is 8.00. The van der Waals surface area contributed by atoms with Crippen LogP contribution in [0, 0.1) is 11.7 Å². The van der Waals surface area contributed by atoms with Crippen LogP contribution in [0.4, 0.5) is 4.39 Å². The van der Waals surface area contributed by atoms with E-state index in [4.69, 9.17) is 5.73 Å². The quantitative estimate of drug-likeness (QED) is 0.877. The summed E-state index contributed by atoms with van der Waals surface area (Å²) < 4.78 is 13.4. The smallest absolute Gasteiger partial charge is 0.123 e. The molecule has 2 N–H and O–H groups in total. The second-order valence-corrected chi connectivity index (χ2v) is 7.31. The zero-order chi connectivity index (χ0) is 13.8. The molecule has 1 aromatic carbocycles. The van der Waals surface area contributed by atoms with Gasteiger partial charge in [0.2, 0.25) is 0 Å². The van der Waals surface area contributed by atoms with Crippen LogP contribution in [-0.2, 0) is 0 Å². The van der Waals surface area contributed by atoms with E-state index in [1.54, 1.807) is 12.1 Å². The zero-order valence-corrected chi connectivity index (χ0v) is 12.6. The Morgan fingerprint density at radius 2 is 2.16 bits per heavy atom. The normalized spacial score (nSPS) is 26.9. The van der Waals surface area contributed by atoms with Gasteiger partial charge in [-0.1, -0.05) is 31.9 Å². The van der Waals surface area contributed by atoms with Gasteiger partial charge in [-0.25, -0.2) is 4.39 Å². The molecular weight excluding hydrogens is 257 g/mol. The summed E-state index contributed by atoms with van der Waals surface area (Å²) >= 11 is 1.95. The molecule has 0 radical (unpaired) electrons. The third-order valence-corrected chi connectivity index (χ3v) is 5.69. The first-order valence-corrected chi connectivity index (χ1v) is 8.17. The highest BCUT2D eigenvalue weighted by Crippen LogP contribution is 2.41. The molecule has 0 heterocycles. The Labute approximate surface area is 120 Å². The molecule has 1 aliphatic rings. The van der Waals surface area contributed by atoms with E-state index in [0.29, 0.717) is 5.25 Å². The van der Waals surface area contributed by atoms with Crippen molar-refractivity contribution in [2.75, 3.05) is 0 Å². The lowest BCUT2D eigenvalue weighted by atomic mass is 9.90. The summed E-state index contributed by atoms with van der Waals surface area (Å²) in [7, 11) is 0. The SMILES string of the molecule is CC1CCCC(SC(c2cccc(F)c2)C(C)N)C1. The minimum absolute atomic E-state index is 0.0454. The predicted molar refractivity (Wildman–Crippen MR) is 81.8 cm³/mol. The molecule has 19 heavy (non-hydrogen) atoms. The van der Waals surface area contributed by atoms with Crippen LogP contribution in [0.5, 0.6) is 0 Å². The third-order valence-electron chi connectivity index (χ3n) is 3.88. The van der Waals surface area contributed by atoms with Gasteiger partial charge in [0.25, 0.3) is 0 Å². The van der Waals surface area contributed by atoms with E-state index in [1.165, 1.54) is 31.7 Å². The van der Waals surface area contributed by atoms with Crippen molar-refractivity contribution in [3.8, 4) is 0 Å². The van der Waals surface area contributed by atoms with Crippen LogP contribution in [0.2, 0.25) is 0 Å². The van der Waals surface area contributed by atoms with Crippen molar-refractivity contribution in [2.24, 2.45) is 11.7 Å². The highest BCUT2D eigenvalue weighted by Gasteiger charge is 2.25. The van der Waals surface area contributed by atoms with E-state index in [0.717, 1.165) is 11.5 Å². The summed E-state index contributed by atoms with van der Waals surface area (Å²) in [4.78, 5) is 0. The van der Waals surface area contributed by atoms with Gasteiger partial charge in [0.1, 0.15) is 5.82 Å². The maximum absolute atomic E-state index is 13.4. The van der Waals surface area contributed by atoms with Gasteiger partial charge in [-0.2, -0.15) is 0 Å². The summed E-state index contributed by atoms with van der Waals surface area (Å²) in [5, 5.41) is 0.869. The average Bonchev–Trinajstić information content (AvgIpc) is 2.35. The van der Waals surface area contributed by atoms with E-state index in [9.17, 15) is 4.39 Å². The van der Waals surface area contributed by atoms with Crippen LogP contribution in [0.3, 0.4) is 0 Å². The van der Waals surface area contributed by atoms with Crippen molar-refractivity contribution in [3.05, 3.63) is 35.6 Å². The summed E-state index contributed by atoms with van der Waals surface area (Å²) in [6, 6.07) is 6.95. The van der Waals surface area contributed by atoms with Crippen LogP contribution >= 0.6 is 11.8 Å². The number of hydrogen-bond acceptors (Lipinski definition) is 2. The molecule has 1 saturated carbocycles. The van der Waals surface area contributed by atoms with Crippen molar-refractivity contribution in [2.45, 2.75) is 56.1 Å². The molecule has 3 heteroatoms. The van der Waals surface area contributed by atoms with E-state index >= 15 is 0 Å². The van der Waals surface area contributed by atoms with E-state index in [-0.39, 0.29) is 17.1 Å². The number of rotatable bonds is 4. The molecule has 0 aliphatic heterocycles. The molecule has 2 rings (SSSR count). The molecule has 1 aromatic rings. The maximum Gasteiger partial charge on any atom is 0.123 e. The second-order valence-electron chi connectivity index (χ2n) is 5.86. The number of nitrogens with two attached hydrogens (primary N) is 1. The van der Waals surface area contributed by atoms with Gasteiger partial charge in [-0.05, 0) is 43.4 Å². The fraction of sp³-hybridized carbons (Fsp3) is 0.625. The summed E-state index contributed by atoms with van der Waals surface area (Å²) in [6.45, 7) is 4.35. The molecule has 1 fully saturated rings. The van der Waals surface area contributed by atoms with Crippen molar-refractivity contribution in [3.63, 3.8) is 0 Å². The fourth-order valence-electron chi connectivity index (χ4n) is 2.90. The lowest BCUT2D eigenvalue weighted by Crippen LogP contribution is -2.26. The number of halogens is 1. The molecule has 0 spiro atoms. The van der Waals surface area contributed by atoms with Gasteiger partial charge < -0.3 is 5.73 Å². The largest absolute Gasteiger partial charge is 0.327 e. The maximum atomic E-state index is 13.4. The highest BCUT2D eigenvalue weighted by atomic mass is 32.2. The van der Waals surface area contributed by atoms with Crippen LogP contribution in [0.25, 0.3) is 0 Å². The first-order chi connectivity index (χ1) is 9.06. The fourth-order valence-corrected chi connectivity index (χ4v) is 4.61. The number of benzene rings is 1. The van der Waals surface area contributed by atoms with Crippen molar-refractivity contribution in [1.29, 1.82) is 0 Å². The minimum atomic E-state index is -0.166. The Bertz CT molecular complexity index is 407. The second kappa shape index (κ2) is 6.76. The summed E-state index contributed by atoms with van der Waals surface area (Å²) in [5.74, 6) is 0.647. The molecule has 0 amide bonds. The Balaban J connectivity index is 2.08. The third kappa shape index (κ3) is 4.22. The van der Waals surface area contributed by atoms with Gasteiger partial charge in [0.05, 0.1) is 0 Å². The summed E-state index contributed by atoms with van der Waals surface area (Å²) in [6.07, 6.45) is 5.20. The van der Waals surface area contributed by atoms with Crippen LogP contribution in [0.15, 0.2) is 24.3 Å². The van der Waals surface area contributed by atoms with Gasteiger partial charge in [-0.3, -0.25) is 0 Å². The van der Waals surface area contributed by atoms with Gasteiger partial charge in [0, 0.05) is 16.5 Å². The van der Waals surface area contributed by atoms with Crippen molar-refractivity contribution < 1.29 is 4.39 Å². The average molecular weight is 281 g/mol. The van der Waals surface area contributed by atoms with Crippen LogP contribution < -0.4 is 5.73 Å². The van der Waals surface area contributed by atoms with Crippen LogP contribution in [-0.4, -0.2) is 11.3 Å². The Hall–Kier alpha value is -0.540. The van der Waals surface area contributed by atoms with Gasteiger partial charge in [-0.15, -0.1) is 11.8 Å². The molecule has 0 bridgehead atoms. The molecule has 4 atom stereocenters. The molecule has 4 unspecified atom stereocenters. The zero-order valence-electron chi connectivity index (χ0n) is 11.8. The number of hydrogen-bond donors (Lipinski definition) is 1. The molecule has 0 aromatic heterocycles. The summed E-state index contributed by atoms with van der Waals surface area (Å²) in [5.41, 5.74) is 7.15. The van der Waals surface area contributed by atoms with Crippen LogP contribution in [0.1, 0.15) is 50.3 Å². The minimum Gasteiger partial charge on any atom is -0.327 e. The molecule has 0 saturated heterocycles. The lowest BCUT2D eigenvalue weighted by Gasteiger charge is -2.31. The Morgan fingerprint density at radius 1 is 1.37 bits per heavy atom. The molecular formula is C16H24FNS. The Kier molecular flexibility index (Phi) is 5.28. The van der Waals surface area contributed by atoms with E-state index < -0.39 is 0 Å². The molecule has 106 valence electrons. The first kappa shape index (κ1) is 14.9. The van der Waals surface area contributed by atoms with Gasteiger partial charge >= 0.3 is 0 Å². The van der Waals surface area contributed by atoms with Crippen molar-refractivity contribution in [1.82, 2.24) is 0 Å². The Morgan fingerprint density at radius 3 is 2.79 bits per heavy atom. The lowest BCUT2D eigenvalue weighted by molar-refractivity contribution is 0.393. The standard InChI is InChI=1S/C16H24FNS/c1-11-5-3-8-15(9-11)19-16(12(2)18)13-6-4-7-14(17)10-13/h4,6-7,10-12,15-16H,3,5,8-9,18H2,1-2H3. The topological polar surface area (TPSA) is 26.0 Å². The van der Waals surface area contributed by atoms with Gasteiger partial charge in [0.15, 0.2) is 0 Å². The number of thioether (sulfide) groups is 1. The first-order valence-electron chi connectivity index (χ1n) is 7.22. The van der Waals surface area contributed by atoms with E-state index in [2.05, 4.69) is 6.92 Å². The van der Waals surface area contributed by atoms with Crippen molar-refractivity contribution >= 4 is 11.8 Å². The monoisotopic (exact) mass is 281 g/mol. The van der Waals surface area contributed by atoms with E-state index in [1.807, 2.05) is 24.8 Å². The predicted octanol–water partition coefficient (Wildman–Crippen LogP) is 4.53.